The summed E-state index contributed by atoms with van der Waals surface area (Å²) in [5, 5.41) is 10.4. The lowest BCUT2D eigenvalue weighted by molar-refractivity contribution is 0.0655. The van der Waals surface area contributed by atoms with Crippen LogP contribution in [0.5, 0.6) is 17.2 Å². The molecule has 2 atom stereocenters. The Morgan fingerprint density at radius 3 is 2.71 bits per heavy atom. The summed E-state index contributed by atoms with van der Waals surface area (Å²) in [5.74, 6) is 2.24. The van der Waals surface area contributed by atoms with Crippen LogP contribution in [0.3, 0.4) is 0 Å². The summed E-state index contributed by atoms with van der Waals surface area (Å²) in [4.78, 5) is 0. The van der Waals surface area contributed by atoms with Crippen molar-refractivity contribution >= 4 is 0 Å². The van der Waals surface area contributed by atoms with Gasteiger partial charge in [-0.2, -0.15) is 0 Å². The third-order valence-electron chi connectivity index (χ3n) is 4.00. The van der Waals surface area contributed by atoms with Crippen molar-refractivity contribution < 1.29 is 19.3 Å². The molecule has 2 aliphatic rings. The van der Waals surface area contributed by atoms with Crippen molar-refractivity contribution in [2.24, 2.45) is 0 Å². The van der Waals surface area contributed by atoms with E-state index in [2.05, 4.69) is 0 Å². The summed E-state index contributed by atoms with van der Waals surface area (Å²) >= 11 is 0. The number of fused-ring (bicyclic) bond motifs is 2. The zero-order valence-corrected chi connectivity index (χ0v) is 11.7. The average molecular weight is 284 g/mol. The molecular weight excluding hydrogens is 268 g/mol. The summed E-state index contributed by atoms with van der Waals surface area (Å²) < 4.78 is 16.8. The maximum absolute atomic E-state index is 10.4. The summed E-state index contributed by atoms with van der Waals surface area (Å²) in [6, 6.07) is 11.7. The Morgan fingerprint density at radius 1 is 1.00 bits per heavy atom. The normalized spacial score (nSPS) is 22.6. The lowest BCUT2D eigenvalue weighted by atomic mass is 9.94. The molecule has 0 aliphatic carbocycles. The average Bonchev–Trinajstić information content (AvgIpc) is 2.95. The van der Waals surface area contributed by atoms with E-state index in [1.807, 2.05) is 43.3 Å². The molecule has 21 heavy (non-hydrogen) atoms. The molecule has 2 heterocycles. The van der Waals surface area contributed by atoms with E-state index in [0.29, 0.717) is 6.42 Å². The minimum Gasteiger partial charge on any atom is -0.485 e. The van der Waals surface area contributed by atoms with E-state index in [4.69, 9.17) is 14.2 Å². The van der Waals surface area contributed by atoms with Crippen LogP contribution >= 0.6 is 0 Å². The summed E-state index contributed by atoms with van der Waals surface area (Å²) in [6.45, 7) is 2.27. The van der Waals surface area contributed by atoms with E-state index in [1.54, 1.807) is 0 Å². The zero-order chi connectivity index (χ0) is 14.4. The molecule has 0 aromatic heterocycles. The monoisotopic (exact) mass is 284 g/mol. The van der Waals surface area contributed by atoms with E-state index in [9.17, 15) is 5.11 Å². The molecule has 1 N–H and O–H groups in total. The third kappa shape index (κ3) is 2.12. The Bertz CT molecular complexity index is 695. The maximum Gasteiger partial charge on any atom is 0.231 e. The fraction of sp³-hybridized carbons (Fsp3) is 0.294. The number of rotatable bonds is 1. The zero-order valence-electron chi connectivity index (χ0n) is 11.7. The van der Waals surface area contributed by atoms with Crippen molar-refractivity contribution in [2.75, 3.05) is 6.79 Å². The molecule has 4 rings (SSSR count). The Hall–Kier alpha value is -2.20. The number of benzene rings is 2. The fourth-order valence-corrected chi connectivity index (χ4v) is 2.88. The second-order valence-corrected chi connectivity index (χ2v) is 5.51. The highest BCUT2D eigenvalue weighted by Crippen LogP contribution is 2.43. The predicted octanol–water partition coefficient (Wildman–Crippen LogP) is 3.28. The van der Waals surface area contributed by atoms with Crippen LogP contribution in [0.2, 0.25) is 0 Å². The van der Waals surface area contributed by atoms with E-state index >= 15 is 0 Å². The molecule has 4 nitrogen and oxygen atoms in total. The van der Waals surface area contributed by atoms with Gasteiger partial charge in [0.25, 0.3) is 0 Å². The first-order valence-corrected chi connectivity index (χ1v) is 7.05. The van der Waals surface area contributed by atoms with Crippen molar-refractivity contribution in [3.05, 3.63) is 53.1 Å². The second-order valence-electron chi connectivity index (χ2n) is 5.51. The van der Waals surface area contributed by atoms with Gasteiger partial charge in [0.2, 0.25) is 6.79 Å². The van der Waals surface area contributed by atoms with Crippen LogP contribution in [0.15, 0.2) is 36.4 Å². The molecule has 0 bridgehead atoms. The van der Waals surface area contributed by atoms with Crippen molar-refractivity contribution in [3.8, 4) is 17.2 Å². The highest BCUT2D eigenvalue weighted by Gasteiger charge is 2.29. The van der Waals surface area contributed by atoms with Gasteiger partial charge in [-0.1, -0.05) is 17.7 Å². The Labute approximate surface area is 122 Å². The van der Waals surface area contributed by atoms with Crippen LogP contribution in [-0.4, -0.2) is 11.9 Å². The number of aryl methyl sites for hydroxylation is 1. The van der Waals surface area contributed by atoms with E-state index in [1.165, 1.54) is 0 Å². The summed E-state index contributed by atoms with van der Waals surface area (Å²) in [6.07, 6.45) is -0.149. The van der Waals surface area contributed by atoms with Crippen molar-refractivity contribution in [1.29, 1.82) is 0 Å². The molecule has 1 unspecified atom stereocenters. The van der Waals surface area contributed by atoms with Gasteiger partial charge in [-0.25, -0.2) is 0 Å². The van der Waals surface area contributed by atoms with Crippen molar-refractivity contribution in [1.82, 2.24) is 0 Å². The molecule has 2 aromatic rings. The largest absolute Gasteiger partial charge is 0.485 e. The first-order valence-electron chi connectivity index (χ1n) is 7.05. The molecule has 0 spiro atoms. The first-order chi connectivity index (χ1) is 10.2. The molecule has 0 radical (unpaired) electrons. The SMILES string of the molecule is Cc1ccc2c(c1)[C@@H](O)CC(c1ccc3c(c1)OCO3)O2. The standard InChI is InChI=1S/C17H16O4/c1-10-2-4-14-12(6-10)13(18)8-16(21-14)11-3-5-15-17(7-11)20-9-19-15/h2-7,13,16,18H,8-9H2,1H3/t13-,16?/m0/s1. The van der Waals surface area contributed by atoms with Crippen molar-refractivity contribution in [3.63, 3.8) is 0 Å². The third-order valence-corrected chi connectivity index (χ3v) is 4.00. The highest BCUT2D eigenvalue weighted by atomic mass is 16.7. The van der Waals surface area contributed by atoms with Gasteiger partial charge in [0.15, 0.2) is 11.5 Å². The molecule has 2 aromatic carbocycles. The van der Waals surface area contributed by atoms with Gasteiger partial charge in [-0.15, -0.1) is 0 Å². The lowest BCUT2D eigenvalue weighted by Crippen LogP contribution is -2.19. The molecule has 0 amide bonds. The summed E-state index contributed by atoms with van der Waals surface area (Å²) in [5.41, 5.74) is 2.98. The minimum absolute atomic E-state index is 0.176. The number of ether oxygens (including phenoxy) is 3. The molecule has 108 valence electrons. The van der Waals surface area contributed by atoms with Crippen LogP contribution in [0, 0.1) is 6.92 Å². The molecular formula is C17H16O4. The van der Waals surface area contributed by atoms with E-state index in [0.717, 1.165) is 33.9 Å². The molecule has 4 heteroatoms. The van der Waals surface area contributed by atoms with Gasteiger partial charge in [0, 0.05) is 12.0 Å². The van der Waals surface area contributed by atoms with Gasteiger partial charge in [-0.05, 0) is 36.8 Å². The van der Waals surface area contributed by atoms with Crippen LogP contribution in [-0.2, 0) is 0 Å². The Kier molecular flexibility index (Phi) is 2.79. The second kappa shape index (κ2) is 4.67. The van der Waals surface area contributed by atoms with Crippen LogP contribution < -0.4 is 14.2 Å². The molecule has 2 aliphatic heterocycles. The predicted molar refractivity (Wildman–Crippen MR) is 76.7 cm³/mol. The van der Waals surface area contributed by atoms with Gasteiger partial charge < -0.3 is 19.3 Å². The van der Waals surface area contributed by atoms with Gasteiger partial charge in [0.1, 0.15) is 11.9 Å². The van der Waals surface area contributed by atoms with Gasteiger partial charge in [-0.3, -0.25) is 0 Å². The number of aliphatic hydroxyl groups is 1. The van der Waals surface area contributed by atoms with Crippen LogP contribution in [0.25, 0.3) is 0 Å². The molecule has 0 fully saturated rings. The first kappa shape index (κ1) is 12.5. The summed E-state index contributed by atoms with van der Waals surface area (Å²) in [7, 11) is 0. The topological polar surface area (TPSA) is 47.9 Å². The van der Waals surface area contributed by atoms with E-state index < -0.39 is 6.10 Å². The fourth-order valence-electron chi connectivity index (χ4n) is 2.88. The minimum atomic E-state index is -0.510. The smallest absolute Gasteiger partial charge is 0.231 e. The van der Waals surface area contributed by atoms with E-state index in [-0.39, 0.29) is 12.9 Å². The van der Waals surface area contributed by atoms with Gasteiger partial charge >= 0.3 is 0 Å². The number of hydrogen-bond donors (Lipinski definition) is 1. The Balaban J connectivity index is 1.67. The quantitative estimate of drug-likeness (QED) is 0.873. The van der Waals surface area contributed by atoms with Gasteiger partial charge in [0.05, 0.1) is 6.10 Å². The Morgan fingerprint density at radius 2 is 1.81 bits per heavy atom. The lowest BCUT2D eigenvalue weighted by Gasteiger charge is -2.30. The van der Waals surface area contributed by atoms with Crippen LogP contribution in [0.4, 0.5) is 0 Å². The maximum atomic E-state index is 10.4. The number of aliphatic hydroxyl groups excluding tert-OH is 1. The van der Waals surface area contributed by atoms with Crippen molar-refractivity contribution in [2.45, 2.75) is 25.6 Å². The highest BCUT2D eigenvalue weighted by molar-refractivity contribution is 5.46. The number of hydrogen-bond acceptors (Lipinski definition) is 4. The molecule has 0 saturated heterocycles. The van der Waals surface area contributed by atoms with Crippen LogP contribution in [0.1, 0.15) is 35.3 Å². The molecule has 0 saturated carbocycles.